The van der Waals surface area contributed by atoms with Gasteiger partial charge in [-0.05, 0) is 18.6 Å². The topological polar surface area (TPSA) is 177 Å². The Balaban J connectivity index is 1.95. The van der Waals surface area contributed by atoms with Gasteiger partial charge in [0.15, 0.2) is 5.82 Å². The zero-order valence-electron chi connectivity index (χ0n) is 16.3. The van der Waals surface area contributed by atoms with Crippen LogP contribution < -0.4 is 22.3 Å². The quantitative estimate of drug-likeness (QED) is 0.364. The van der Waals surface area contributed by atoms with Gasteiger partial charge in [-0.3, -0.25) is 14.5 Å². The van der Waals surface area contributed by atoms with Crippen LogP contribution in [0.15, 0.2) is 35.4 Å². The summed E-state index contributed by atoms with van der Waals surface area (Å²) >= 11 is 6.29. The Morgan fingerprint density at radius 2 is 2.13 bits per heavy atom. The normalized spacial score (nSPS) is 11.9. The average molecular weight is 437 g/mol. The second kappa shape index (κ2) is 7.92. The van der Waals surface area contributed by atoms with E-state index in [0.717, 1.165) is 0 Å². The van der Waals surface area contributed by atoms with Crippen molar-refractivity contribution in [2.24, 2.45) is 0 Å². The SMILES string of the molecule is CC[C@H](Nc1nc(N)nc(N)c1C#N)c1nc2cccc(Cl)c2c(=O)n1-c1cn[nH]c1. The zero-order chi connectivity index (χ0) is 22.1. The van der Waals surface area contributed by atoms with Crippen molar-refractivity contribution in [3.63, 3.8) is 0 Å². The van der Waals surface area contributed by atoms with Crippen molar-refractivity contribution in [2.75, 3.05) is 16.8 Å². The smallest absolute Gasteiger partial charge is 0.267 e. The van der Waals surface area contributed by atoms with E-state index in [4.69, 9.17) is 28.1 Å². The number of H-pyrrole nitrogens is 1. The van der Waals surface area contributed by atoms with Crippen LogP contribution in [-0.4, -0.2) is 29.7 Å². The lowest BCUT2D eigenvalue weighted by Crippen LogP contribution is -2.28. The van der Waals surface area contributed by atoms with Crippen molar-refractivity contribution in [1.82, 2.24) is 29.7 Å². The zero-order valence-corrected chi connectivity index (χ0v) is 17.1. The van der Waals surface area contributed by atoms with Crippen molar-refractivity contribution in [3.05, 3.63) is 57.4 Å². The van der Waals surface area contributed by atoms with E-state index in [0.29, 0.717) is 28.5 Å². The van der Waals surface area contributed by atoms with E-state index in [2.05, 4.69) is 25.5 Å². The minimum Gasteiger partial charge on any atom is -0.382 e. The Labute approximate surface area is 180 Å². The first-order valence-corrected chi connectivity index (χ1v) is 9.62. The van der Waals surface area contributed by atoms with Gasteiger partial charge in [-0.25, -0.2) is 4.98 Å². The minimum atomic E-state index is -0.535. The molecule has 1 aromatic carbocycles. The summed E-state index contributed by atoms with van der Waals surface area (Å²) < 4.78 is 1.42. The first-order valence-electron chi connectivity index (χ1n) is 9.24. The van der Waals surface area contributed by atoms with E-state index in [1.807, 2.05) is 13.0 Å². The molecule has 11 nitrogen and oxygen atoms in total. The van der Waals surface area contributed by atoms with Crippen LogP contribution in [0, 0.1) is 11.3 Å². The fourth-order valence-corrected chi connectivity index (χ4v) is 3.53. The van der Waals surface area contributed by atoms with Crippen molar-refractivity contribution in [3.8, 4) is 11.8 Å². The summed E-state index contributed by atoms with van der Waals surface area (Å²) in [4.78, 5) is 26.1. The lowest BCUT2D eigenvalue weighted by molar-refractivity contribution is 0.658. The number of halogens is 1. The third-order valence-corrected chi connectivity index (χ3v) is 5.03. The summed E-state index contributed by atoms with van der Waals surface area (Å²) in [5.41, 5.74) is 12.2. The van der Waals surface area contributed by atoms with Crippen LogP contribution in [0.4, 0.5) is 17.6 Å². The molecule has 12 heteroatoms. The molecule has 0 bridgehead atoms. The van der Waals surface area contributed by atoms with Crippen LogP contribution in [-0.2, 0) is 0 Å². The van der Waals surface area contributed by atoms with Crippen LogP contribution in [0.3, 0.4) is 0 Å². The van der Waals surface area contributed by atoms with Crippen LogP contribution in [0.25, 0.3) is 16.6 Å². The van der Waals surface area contributed by atoms with E-state index in [9.17, 15) is 10.1 Å². The molecule has 0 spiro atoms. The number of hydrogen-bond donors (Lipinski definition) is 4. The largest absolute Gasteiger partial charge is 0.382 e. The maximum absolute atomic E-state index is 13.4. The molecule has 4 rings (SSSR count). The fraction of sp³-hybridized carbons (Fsp3) is 0.158. The van der Waals surface area contributed by atoms with Gasteiger partial charge in [0.2, 0.25) is 5.95 Å². The van der Waals surface area contributed by atoms with Gasteiger partial charge in [0.1, 0.15) is 23.3 Å². The summed E-state index contributed by atoms with van der Waals surface area (Å²) in [6, 6.07) is 6.50. The number of nitriles is 1. The molecule has 0 aliphatic heterocycles. The predicted octanol–water partition coefficient (Wildman–Crippen LogP) is 2.15. The summed E-state index contributed by atoms with van der Waals surface area (Å²) in [5.74, 6) is 0.402. The van der Waals surface area contributed by atoms with E-state index < -0.39 is 6.04 Å². The highest BCUT2D eigenvalue weighted by molar-refractivity contribution is 6.35. The Morgan fingerprint density at radius 3 is 2.81 bits per heavy atom. The van der Waals surface area contributed by atoms with Crippen LogP contribution >= 0.6 is 11.6 Å². The highest BCUT2D eigenvalue weighted by Gasteiger charge is 2.23. The number of nitrogens with one attached hydrogen (secondary N) is 2. The number of nitrogen functional groups attached to an aromatic ring is 2. The molecule has 31 heavy (non-hydrogen) atoms. The van der Waals surface area contributed by atoms with Crippen LogP contribution in [0.1, 0.15) is 30.8 Å². The van der Waals surface area contributed by atoms with Crippen molar-refractivity contribution in [2.45, 2.75) is 19.4 Å². The maximum atomic E-state index is 13.4. The summed E-state index contributed by atoms with van der Waals surface area (Å²) in [6.45, 7) is 1.89. The molecule has 156 valence electrons. The number of fused-ring (bicyclic) bond motifs is 1. The van der Waals surface area contributed by atoms with Crippen molar-refractivity contribution in [1.29, 1.82) is 5.26 Å². The molecular weight excluding hydrogens is 420 g/mol. The number of hydrogen-bond acceptors (Lipinski definition) is 9. The Bertz CT molecular complexity index is 1370. The number of rotatable bonds is 5. The molecule has 3 aromatic heterocycles. The highest BCUT2D eigenvalue weighted by Crippen LogP contribution is 2.28. The lowest BCUT2D eigenvalue weighted by atomic mass is 10.1. The molecule has 0 unspecified atom stereocenters. The minimum absolute atomic E-state index is 0.0437. The van der Waals surface area contributed by atoms with E-state index >= 15 is 0 Å². The molecule has 0 saturated carbocycles. The van der Waals surface area contributed by atoms with Gasteiger partial charge in [0.25, 0.3) is 5.56 Å². The molecular formula is C19H17ClN10O. The van der Waals surface area contributed by atoms with Crippen molar-refractivity contribution >= 4 is 40.1 Å². The van der Waals surface area contributed by atoms with Gasteiger partial charge in [0.05, 0.1) is 33.9 Å². The standard InChI is InChI=1S/C19H17ClN10O/c1-2-12(26-16-10(6-21)15(22)28-19(23)29-16)17-27-13-5-3-4-11(20)14(13)18(31)30(17)9-7-24-25-8-9/h3-5,7-8,12H,2H2,1H3,(H,24,25)(H5,22,23,26,28,29)/t12-/m0/s1. The predicted molar refractivity (Wildman–Crippen MR) is 117 cm³/mol. The average Bonchev–Trinajstić information content (AvgIpc) is 3.25. The van der Waals surface area contributed by atoms with Gasteiger partial charge in [-0.2, -0.15) is 20.3 Å². The number of benzene rings is 1. The van der Waals surface area contributed by atoms with Gasteiger partial charge in [-0.15, -0.1) is 0 Å². The molecule has 0 radical (unpaired) electrons. The number of nitrogens with two attached hydrogens (primary N) is 2. The summed E-state index contributed by atoms with van der Waals surface area (Å²) in [5, 5.41) is 19.8. The second-order valence-electron chi connectivity index (χ2n) is 6.61. The van der Waals surface area contributed by atoms with E-state index in [-0.39, 0.29) is 34.1 Å². The number of aromatic nitrogens is 6. The lowest BCUT2D eigenvalue weighted by Gasteiger charge is -2.22. The fourth-order valence-electron chi connectivity index (χ4n) is 3.28. The summed E-state index contributed by atoms with van der Waals surface area (Å²) in [6.07, 6.45) is 3.57. The molecule has 0 aliphatic rings. The molecule has 0 aliphatic carbocycles. The van der Waals surface area contributed by atoms with Gasteiger partial charge < -0.3 is 16.8 Å². The first-order chi connectivity index (χ1) is 14.9. The van der Waals surface area contributed by atoms with Crippen molar-refractivity contribution < 1.29 is 0 Å². The Hall–Kier alpha value is -4.17. The number of anilines is 3. The molecule has 0 amide bonds. The molecule has 3 heterocycles. The third-order valence-electron chi connectivity index (χ3n) is 4.71. The van der Waals surface area contributed by atoms with Gasteiger partial charge >= 0.3 is 0 Å². The highest BCUT2D eigenvalue weighted by atomic mass is 35.5. The van der Waals surface area contributed by atoms with Crippen LogP contribution in [0.5, 0.6) is 0 Å². The first kappa shape index (κ1) is 20.1. The maximum Gasteiger partial charge on any atom is 0.267 e. The van der Waals surface area contributed by atoms with Gasteiger partial charge in [-0.1, -0.05) is 24.6 Å². The molecule has 1 atom stereocenters. The van der Waals surface area contributed by atoms with E-state index in [1.165, 1.54) is 10.8 Å². The third kappa shape index (κ3) is 3.49. The Kier molecular flexibility index (Phi) is 5.14. The summed E-state index contributed by atoms with van der Waals surface area (Å²) in [7, 11) is 0. The monoisotopic (exact) mass is 436 g/mol. The van der Waals surface area contributed by atoms with Gasteiger partial charge in [0, 0.05) is 6.20 Å². The number of nitrogens with zero attached hydrogens (tertiary/aromatic N) is 6. The molecule has 4 aromatic rings. The molecule has 6 N–H and O–H groups in total. The van der Waals surface area contributed by atoms with E-state index in [1.54, 1.807) is 24.4 Å². The number of aromatic amines is 1. The Morgan fingerprint density at radius 1 is 1.32 bits per heavy atom. The molecule has 0 saturated heterocycles. The molecule has 0 fully saturated rings. The second-order valence-corrected chi connectivity index (χ2v) is 7.02. The van der Waals surface area contributed by atoms with Crippen LogP contribution in [0.2, 0.25) is 5.02 Å².